The number of benzene rings is 1. The molecular weight excluding hydrogens is 336 g/mol. The van der Waals surface area contributed by atoms with Crippen LogP contribution in [0.15, 0.2) is 53.6 Å². The molecule has 1 aliphatic rings. The molecule has 7 nitrogen and oxygen atoms in total. The van der Waals surface area contributed by atoms with Crippen LogP contribution < -0.4 is 15.2 Å². The molecule has 1 unspecified atom stereocenters. The zero-order chi connectivity index (χ0) is 19.3. The van der Waals surface area contributed by atoms with Crippen molar-refractivity contribution in [2.75, 3.05) is 20.8 Å². The van der Waals surface area contributed by atoms with E-state index in [1.807, 2.05) is 6.07 Å². The number of carbonyl (C=O) groups excluding carboxylic acids is 1. The number of allylic oxidation sites excluding steroid dienone is 2. The maximum absolute atomic E-state index is 12.6. The molecule has 1 aromatic rings. The van der Waals surface area contributed by atoms with Gasteiger partial charge in [0.1, 0.15) is 24.0 Å². The van der Waals surface area contributed by atoms with Gasteiger partial charge in [-0.2, -0.15) is 5.26 Å². The second-order valence-corrected chi connectivity index (χ2v) is 5.40. The molecule has 0 aromatic heterocycles. The Hall–Kier alpha value is -3.40. The van der Waals surface area contributed by atoms with Gasteiger partial charge in [0.25, 0.3) is 0 Å². The van der Waals surface area contributed by atoms with E-state index in [-0.39, 0.29) is 29.4 Å². The number of nitriles is 1. The Kier molecular flexibility index (Phi) is 5.91. The molecule has 0 amide bonds. The quantitative estimate of drug-likeness (QED) is 0.617. The fourth-order valence-corrected chi connectivity index (χ4v) is 2.72. The lowest BCUT2D eigenvalue weighted by molar-refractivity contribution is -0.138. The Balaban J connectivity index is 2.61. The van der Waals surface area contributed by atoms with Gasteiger partial charge in [-0.3, -0.25) is 0 Å². The summed E-state index contributed by atoms with van der Waals surface area (Å²) in [5.41, 5.74) is 6.81. The summed E-state index contributed by atoms with van der Waals surface area (Å²) in [6.07, 6.45) is 1.46. The van der Waals surface area contributed by atoms with Gasteiger partial charge in [-0.15, -0.1) is 0 Å². The number of methoxy groups -OCH3 is 2. The Morgan fingerprint density at radius 1 is 1.38 bits per heavy atom. The van der Waals surface area contributed by atoms with E-state index in [9.17, 15) is 10.1 Å². The molecule has 0 bridgehead atoms. The Morgan fingerprint density at radius 3 is 2.65 bits per heavy atom. The van der Waals surface area contributed by atoms with E-state index in [0.717, 1.165) is 0 Å². The van der Waals surface area contributed by atoms with Crippen LogP contribution in [0.5, 0.6) is 11.5 Å². The van der Waals surface area contributed by atoms with Gasteiger partial charge in [-0.25, -0.2) is 4.79 Å². The van der Waals surface area contributed by atoms with Gasteiger partial charge in [-0.1, -0.05) is 18.7 Å². The number of hydrogen-bond acceptors (Lipinski definition) is 7. The first-order valence-electron chi connectivity index (χ1n) is 7.76. The van der Waals surface area contributed by atoms with E-state index in [4.69, 9.17) is 24.7 Å². The predicted molar refractivity (Wildman–Crippen MR) is 94.1 cm³/mol. The Morgan fingerprint density at radius 2 is 2.08 bits per heavy atom. The smallest absolute Gasteiger partial charge is 0.338 e. The van der Waals surface area contributed by atoms with Crippen molar-refractivity contribution in [1.29, 1.82) is 5.26 Å². The van der Waals surface area contributed by atoms with E-state index >= 15 is 0 Å². The highest BCUT2D eigenvalue weighted by molar-refractivity contribution is 5.92. The number of hydrogen-bond donors (Lipinski definition) is 1. The lowest BCUT2D eigenvalue weighted by Crippen LogP contribution is -2.25. The summed E-state index contributed by atoms with van der Waals surface area (Å²) in [6.45, 7) is 5.16. The highest BCUT2D eigenvalue weighted by Crippen LogP contribution is 2.42. The van der Waals surface area contributed by atoms with Crippen LogP contribution in [0, 0.1) is 11.3 Å². The Labute approximate surface area is 151 Å². The van der Waals surface area contributed by atoms with E-state index in [0.29, 0.717) is 17.1 Å². The van der Waals surface area contributed by atoms with E-state index in [2.05, 4.69) is 6.58 Å². The minimum Gasteiger partial charge on any atom is -0.493 e. The van der Waals surface area contributed by atoms with Crippen molar-refractivity contribution in [2.24, 2.45) is 5.73 Å². The summed E-state index contributed by atoms with van der Waals surface area (Å²) in [5, 5.41) is 9.57. The first-order valence-corrected chi connectivity index (χ1v) is 7.76. The molecule has 0 aliphatic carbocycles. The summed E-state index contributed by atoms with van der Waals surface area (Å²) >= 11 is 0. The SMILES string of the molecule is C=CCOC(=O)C1=C(C)OC(N)=C(C#N)C1c1ccc(OC)c(OC)c1. The second-order valence-electron chi connectivity index (χ2n) is 5.40. The van der Waals surface area contributed by atoms with Crippen LogP contribution in [0.25, 0.3) is 0 Å². The fourth-order valence-electron chi connectivity index (χ4n) is 2.72. The van der Waals surface area contributed by atoms with Gasteiger partial charge in [0.2, 0.25) is 5.88 Å². The molecule has 0 saturated heterocycles. The highest BCUT2D eigenvalue weighted by atomic mass is 16.5. The van der Waals surface area contributed by atoms with Crippen molar-refractivity contribution in [3.8, 4) is 17.6 Å². The first kappa shape index (κ1) is 18.9. The van der Waals surface area contributed by atoms with Crippen molar-refractivity contribution < 1.29 is 23.7 Å². The second kappa shape index (κ2) is 8.12. The molecular formula is C19H20N2O5. The largest absolute Gasteiger partial charge is 0.493 e. The van der Waals surface area contributed by atoms with Gasteiger partial charge in [0.05, 0.1) is 25.7 Å². The molecule has 1 aliphatic heterocycles. The minimum atomic E-state index is -0.745. The minimum absolute atomic E-state index is 0.0371. The average Bonchev–Trinajstić information content (AvgIpc) is 2.64. The molecule has 0 radical (unpaired) electrons. The van der Waals surface area contributed by atoms with Crippen LogP contribution in [-0.2, 0) is 14.3 Å². The summed E-state index contributed by atoms with van der Waals surface area (Å²) < 4.78 is 21.1. The van der Waals surface area contributed by atoms with E-state index in [1.54, 1.807) is 25.1 Å². The molecule has 0 saturated carbocycles. The van der Waals surface area contributed by atoms with Crippen LogP contribution in [0.3, 0.4) is 0 Å². The van der Waals surface area contributed by atoms with Crippen LogP contribution in [0.2, 0.25) is 0 Å². The van der Waals surface area contributed by atoms with Crippen LogP contribution in [0.1, 0.15) is 18.4 Å². The fraction of sp³-hybridized carbons (Fsp3) is 0.263. The topological polar surface area (TPSA) is 104 Å². The van der Waals surface area contributed by atoms with Gasteiger partial charge in [0.15, 0.2) is 11.5 Å². The number of esters is 1. The summed E-state index contributed by atoms with van der Waals surface area (Å²) in [5.74, 6) is -0.146. The molecule has 26 heavy (non-hydrogen) atoms. The lowest BCUT2D eigenvalue weighted by atomic mass is 9.83. The van der Waals surface area contributed by atoms with Crippen molar-refractivity contribution in [2.45, 2.75) is 12.8 Å². The molecule has 1 heterocycles. The van der Waals surface area contributed by atoms with Crippen LogP contribution in [0.4, 0.5) is 0 Å². The summed E-state index contributed by atoms with van der Waals surface area (Å²) in [4.78, 5) is 12.6. The first-order chi connectivity index (χ1) is 12.5. The van der Waals surface area contributed by atoms with E-state index < -0.39 is 11.9 Å². The molecule has 136 valence electrons. The maximum atomic E-state index is 12.6. The normalized spacial score (nSPS) is 16.5. The zero-order valence-electron chi connectivity index (χ0n) is 14.9. The zero-order valence-corrected chi connectivity index (χ0v) is 14.9. The summed E-state index contributed by atoms with van der Waals surface area (Å²) in [6, 6.07) is 7.14. The molecule has 1 atom stereocenters. The third kappa shape index (κ3) is 3.49. The predicted octanol–water partition coefficient (Wildman–Crippen LogP) is 2.51. The van der Waals surface area contributed by atoms with Crippen LogP contribution in [-0.4, -0.2) is 26.8 Å². The molecule has 2 rings (SSSR count). The van der Waals surface area contributed by atoms with Crippen molar-refractivity contribution in [1.82, 2.24) is 0 Å². The molecule has 1 aromatic carbocycles. The van der Waals surface area contributed by atoms with Crippen molar-refractivity contribution in [3.05, 3.63) is 59.2 Å². The van der Waals surface area contributed by atoms with E-state index in [1.165, 1.54) is 20.3 Å². The van der Waals surface area contributed by atoms with Gasteiger partial charge >= 0.3 is 5.97 Å². The monoisotopic (exact) mass is 356 g/mol. The van der Waals surface area contributed by atoms with Gasteiger partial charge < -0.3 is 24.7 Å². The third-order valence-electron chi connectivity index (χ3n) is 3.90. The molecule has 7 heteroatoms. The van der Waals surface area contributed by atoms with Crippen molar-refractivity contribution in [3.63, 3.8) is 0 Å². The van der Waals surface area contributed by atoms with Gasteiger partial charge in [0, 0.05) is 0 Å². The maximum Gasteiger partial charge on any atom is 0.338 e. The van der Waals surface area contributed by atoms with Gasteiger partial charge in [-0.05, 0) is 24.6 Å². The molecule has 0 fully saturated rings. The lowest BCUT2D eigenvalue weighted by Gasteiger charge is -2.27. The average molecular weight is 356 g/mol. The number of nitrogens with two attached hydrogens (primary N) is 1. The number of carbonyl (C=O) groups is 1. The number of nitrogens with zero attached hydrogens (tertiary/aromatic N) is 1. The number of ether oxygens (including phenoxy) is 4. The standard InChI is InChI=1S/C19H20N2O5/c1-5-8-25-19(22)16-11(2)26-18(21)13(10-20)17(16)12-6-7-14(23-3)15(9-12)24-4/h5-7,9,17H,1,8,21H2,2-4H3. The van der Waals surface area contributed by atoms with Crippen molar-refractivity contribution >= 4 is 5.97 Å². The molecule has 0 spiro atoms. The Bertz CT molecular complexity index is 833. The molecule has 2 N–H and O–H groups in total. The summed E-state index contributed by atoms with van der Waals surface area (Å²) in [7, 11) is 3.02. The number of rotatable bonds is 6. The van der Waals surface area contributed by atoms with Crippen LogP contribution >= 0.6 is 0 Å². The highest BCUT2D eigenvalue weighted by Gasteiger charge is 2.36. The third-order valence-corrected chi connectivity index (χ3v) is 3.90.